The van der Waals surface area contributed by atoms with E-state index in [0.29, 0.717) is 11.3 Å². The highest BCUT2D eigenvalue weighted by Crippen LogP contribution is 2.15. The van der Waals surface area contributed by atoms with E-state index in [1.54, 1.807) is 44.4 Å². The second-order valence-electron chi connectivity index (χ2n) is 3.83. The molecule has 19 heavy (non-hydrogen) atoms. The van der Waals surface area contributed by atoms with Crippen LogP contribution in [0.5, 0.6) is 5.75 Å². The molecule has 0 aromatic heterocycles. The zero-order valence-corrected chi connectivity index (χ0v) is 10.6. The lowest BCUT2D eigenvalue weighted by Crippen LogP contribution is -2.11. The lowest BCUT2D eigenvalue weighted by atomic mass is 10.1. The van der Waals surface area contributed by atoms with Gasteiger partial charge in [0, 0.05) is 0 Å². The summed E-state index contributed by atoms with van der Waals surface area (Å²) in [4.78, 5) is 21.4. The van der Waals surface area contributed by atoms with Crippen molar-refractivity contribution < 1.29 is 24.5 Å². The number of hydrogen-bond acceptors (Lipinski definition) is 3. The number of carboxylic acids is 2. The summed E-state index contributed by atoms with van der Waals surface area (Å²) in [7, 11) is 1.56. The number of allylic oxidation sites excluding steroid dienone is 2. The molecular weight excluding hydrogens is 248 g/mol. The molecule has 1 aromatic rings. The highest BCUT2D eigenvalue weighted by Gasteiger charge is 2.15. The van der Waals surface area contributed by atoms with Crippen LogP contribution in [0.1, 0.15) is 12.5 Å². The molecule has 0 fully saturated rings. The SMILES string of the molecule is COc1ccc(/C=C(\C)C=C(C(=O)O)C(=O)O)cc1. The van der Waals surface area contributed by atoms with Crippen molar-refractivity contribution in [3.05, 3.63) is 47.1 Å². The summed E-state index contributed by atoms with van der Waals surface area (Å²) in [5.74, 6) is -2.22. The summed E-state index contributed by atoms with van der Waals surface area (Å²) in [5, 5.41) is 17.5. The average molecular weight is 262 g/mol. The first-order valence-electron chi connectivity index (χ1n) is 5.44. The smallest absolute Gasteiger partial charge is 0.343 e. The molecule has 0 amide bonds. The Kier molecular flexibility index (Phi) is 4.88. The number of carboxylic acid groups (broad SMARTS) is 2. The predicted octanol–water partition coefficient (Wildman–Crippen LogP) is 2.19. The molecule has 0 heterocycles. The van der Waals surface area contributed by atoms with Gasteiger partial charge in [0.1, 0.15) is 11.3 Å². The van der Waals surface area contributed by atoms with E-state index < -0.39 is 17.5 Å². The first-order chi connectivity index (χ1) is 8.93. The van der Waals surface area contributed by atoms with Crippen molar-refractivity contribution in [2.24, 2.45) is 0 Å². The van der Waals surface area contributed by atoms with E-state index in [9.17, 15) is 9.59 Å². The van der Waals surface area contributed by atoms with Gasteiger partial charge in [-0.1, -0.05) is 18.2 Å². The quantitative estimate of drug-likeness (QED) is 0.368. The van der Waals surface area contributed by atoms with Gasteiger partial charge in [0.25, 0.3) is 0 Å². The number of rotatable bonds is 5. The van der Waals surface area contributed by atoms with E-state index in [0.717, 1.165) is 11.6 Å². The fraction of sp³-hybridized carbons (Fsp3) is 0.143. The second-order valence-corrected chi connectivity index (χ2v) is 3.83. The summed E-state index contributed by atoms with van der Waals surface area (Å²) in [6.45, 7) is 1.64. The molecule has 0 atom stereocenters. The van der Waals surface area contributed by atoms with E-state index in [1.807, 2.05) is 0 Å². The van der Waals surface area contributed by atoms with E-state index >= 15 is 0 Å². The third-order valence-corrected chi connectivity index (χ3v) is 2.34. The molecule has 0 aliphatic heterocycles. The molecule has 0 saturated carbocycles. The third kappa shape index (κ3) is 4.31. The second kappa shape index (κ2) is 6.39. The molecule has 5 heteroatoms. The van der Waals surface area contributed by atoms with Gasteiger partial charge in [0.05, 0.1) is 7.11 Å². The fourth-order valence-corrected chi connectivity index (χ4v) is 1.45. The van der Waals surface area contributed by atoms with Gasteiger partial charge < -0.3 is 14.9 Å². The summed E-state index contributed by atoms with van der Waals surface area (Å²) < 4.78 is 5.01. The van der Waals surface area contributed by atoms with E-state index in [1.165, 1.54) is 0 Å². The highest BCUT2D eigenvalue weighted by atomic mass is 16.5. The standard InChI is InChI=1S/C14H14O5/c1-9(8-12(13(15)16)14(17)18)7-10-3-5-11(19-2)6-4-10/h3-8H,1-2H3,(H,15,16)(H,17,18)/b9-7+. The molecule has 5 nitrogen and oxygen atoms in total. The Labute approximate surface area is 110 Å². The largest absolute Gasteiger partial charge is 0.497 e. The van der Waals surface area contributed by atoms with Crippen LogP contribution in [0.25, 0.3) is 6.08 Å². The van der Waals surface area contributed by atoms with Crippen molar-refractivity contribution in [2.45, 2.75) is 6.92 Å². The molecule has 0 unspecified atom stereocenters. The average Bonchev–Trinajstić information content (AvgIpc) is 2.36. The van der Waals surface area contributed by atoms with Gasteiger partial charge in [0.15, 0.2) is 0 Å². The number of benzene rings is 1. The van der Waals surface area contributed by atoms with E-state index in [-0.39, 0.29) is 0 Å². The summed E-state index contributed by atoms with van der Waals surface area (Å²) in [5.41, 5.74) is 0.692. The lowest BCUT2D eigenvalue weighted by molar-refractivity contribution is -0.140. The maximum Gasteiger partial charge on any atom is 0.343 e. The van der Waals surface area contributed by atoms with Crippen LogP contribution < -0.4 is 4.74 Å². The number of methoxy groups -OCH3 is 1. The van der Waals surface area contributed by atoms with Crippen molar-refractivity contribution in [2.75, 3.05) is 7.11 Å². The molecule has 0 aliphatic rings. The van der Waals surface area contributed by atoms with Gasteiger partial charge in [0.2, 0.25) is 0 Å². The Hall–Kier alpha value is -2.56. The minimum atomic E-state index is -1.46. The first-order valence-corrected chi connectivity index (χ1v) is 5.44. The van der Waals surface area contributed by atoms with Crippen LogP contribution in [0.2, 0.25) is 0 Å². The van der Waals surface area contributed by atoms with Gasteiger partial charge in [-0.15, -0.1) is 0 Å². The number of aliphatic carboxylic acids is 2. The number of hydrogen-bond donors (Lipinski definition) is 2. The normalized spacial score (nSPS) is 10.7. The highest BCUT2D eigenvalue weighted by molar-refractivity contribution is 6.12. The van der Waals surface area contributed by atoms with Crippen molar-refractivity contribution in [3.63, 3.8) is 0 Å². The van der Waals surface area contributed by atoms with Gasteiger partial charge in [-0.3, -0.25) is 0 Å². The Bertz CT molecular complexity index is 521. The van der Waals surface area contributed by atoms with Gasteiger partial charge in [-0.05, 0) is 36.3 Å². The van der Waals surface area contributed by atoms with Gasteiger partial charge in [-0.2, -0.15) is 0 Å². The topological polar surface area (TPSA) is 83.8 Å². The van der Waals surface area contributed by atoms with Crippen molar-refractivity contribution in [1.29, 1.82) is 0 Å². The molecule has 0 saturated heterocycles. The Morgan fingerprint density at radius 1 is 1.11 bits per heavy atom. The van der Waals surface area contributed by atoms with Gasteiger partial charge in [-0.25, -0.2) is 9.59 Å². The Balaban J connectivity index is 3.00. The summed E-state index contributed by atoms with van der Waals surface area (Å²) in [6.07, 6.45) is 2.81. The summed E-state index contributed by atoms with van der Waals surface area (Å²) in [6, 6.07) is 7.10. The molecule has 100 valence electrons. The van der Waals surface area contributed by atoms with Crippen LogP contribution in [-0.4, -0.2) is 29.3 Å². The van der Waals surface area contributed by atoms with Crippen LogP contribution >= 0.6 is 0 Å². The molecule has 1 aromatic carbocycles. The number of ether oxygens (including phenoxy) is 1. The van der Waals surface area contributed by atoms with Crippen LogP contribution in [-0.2, 0) is 9.59 Å². The van der Waals surface area contributed by atoms with E-state index in [2.05, 4.69) is 0 Å². The minimum Gasteiger partial charge on any atom is -0.497 e. The first kappa shape index (κ1) is 14.5. The molecular formula is C14H14O5. The minimum absolute atomic E-state index is 0.532. The van der Waals surface area contributed by atoms with Gasteiger partial charge >= 0.3 is 11.9 Å². The van der Waals surface area contributed by atoms with Crippen molar-refractivity contribution in [1.82, 2.24) is 0 Å². The molecule has 0 aliphatic carbocycles. The zero-order chi connectivity index (χ0) is 14.4. The van der Waals surface area contributed by atoms with Crippen molar-refractivity contribution >= 4 is 18.0 Å². The maximum atomic E-state index is 10.7. The van der Waals surface area contributed by atoms with Crippen LogP contribution in [0.15, 0.2) is 41.5 Å². The van der Waals surface area contributed by atoms with Crippen LogP contribution in [0, 0.1) is 0 Å². The summed E-state index contributed by atoms with van der Waals surface area (Å²) >= 11 is 0. The van der Waals surface area contributed by atoms with Crippen LogP contribution in [0.3, 0.4) is 0 Å². The molecule has 1 rings (SSSR count). The van der Waals surface area contributed by atoms with Crippen molar-refractivity contribution in [3.8, 4) is 5.75 Å². The molecule has 2 N–H and O–H groups in total. The number of carbonyl (C=O) groups is 2. The third-order valence-electron chi connectivity index (χ3n) is 2.34. The maximum absolute atomic E-state index is 10.7. The van der Waals surface area contributed by atoms with Crippen LogP contribution in [0.4, 0.5) is 0 Å². The Morgan fingerprint density at radius 3 is 2.05 bits per heavy atom. The monoisotopic (exact) mass is 262 g/mol. The fourth-order valence-electron chi connectivity index (χ4n) is 1.45. The molecule has 0 radical (unpaired) electrons. The molecule has 0 bridgehead atoms. The zero-order valence-electron chi connectivity index (χ0n) is 10.6. The van der Waals surface area contributed by atoms with E-state index in [4.69, 9.17) is 14.9 Å². The predicted molar refractivity (Wildman–Crippen MR) is 70.0 cm³/mol. The lowest BCUT2D eigenvalue weighted by Gasteiger charge is -2.01. The molecule has 0 spiro atoms. The Morgan fingerprint density at radius 2 is 1.63 bits per heavy atom.